The molecular formula is C17H17N3O3S2. The van der Waals surface area contributed by atoms with Crippen LogP contribution in [-0.4, -0.2) is 28.2 Å². The van der Waals surface area contributed by atoms with E-state index in [0.29, 0.717) is 27.8 Å². The monoisotopic (exact) mass is 375 g/mol. The zero-order valence-electron chi connectivity index (χ0n) is 13.8. The van der Waals surface area contributed by atoms with Gasteiger partial charge in [-0.05, 0) is 19.1 Å². The van der Waals surface area contributed by atoms with Crippen LogP contribution in [0.1, 0.15) is 11.4 Å². The van der Waals surface area contributed by atoms with E-state index >= 15 is 0 Å². The Bertz CT molecular complexity index is 965. The molecular weight excluding hydrogens is 358 g/mol. The van der Waals surface area contributed by atoms with Crippen molar-refractivity contribution in [2.45, 2.75) is 12.7 Å². The van der Waals surface area contributed by atoms with Crippen LogP contribution in [0.4, 0.5) is 5.69 Å². The summed E-state index contributed by atoms with van der Waals surface area (Å²) in [4.78, 5) is 29.3. The van der Waals surface area contributed by atoms with Crippen LogP contribution in [0.5, 0.6) is 5.75 Å². The van der Waals surface area contributed by atoms with E-state index in [2.05, 4.69) is 10.3 Å². The SMILES string of the molecule is COc1cccc(NC(=O)CSCc2cc(=O)n3c(C)csc3n2)c1. The highest BCUT2D eigenvalue weighted by Gasteiger charge is 2.08. The van der Waals surface area contributed by atoms with E-state index in [0.717, 1.165) is 5.69 Å². The van der Waals surface area contributed by atoms with Gasteiger partial charge in [0.05, 0.1) is 18.6 Å². The fourth-order valence-corrected chi connectivity index (χ4v) is 3.93. The number of nitrogens with zero attached hydrogens (tertiary/aromatic N) is 2. The fraction of sp³-hybridized carbons (Fsp3) is 0.235. The second kappa shape index (κ2) is 7.71. The van der Waals surface area contributed by atoms with E-state index in [4.69, 9.17) is 4.74 Å². The standard InChI is InChI=1S/C17H17N3O3S2/c1-11-8-25-17-19-13(7-16(22)20(11)17)9-24-10-15(21)18-12-4-3-5-14(6-12)23-2/h3-8H,9-10H2,1-2H3,(H,18,21). The Kier molecular flexibility index (Phi) is 5.40. The van der Waals surface area contributed by atoms with Gasteiger partial charge in [0.25, 0.3) is 5.56 Å². The van der Waals surface area contributed by atoms with Crippen LogP contribution in [0, 0.1) is 6.92 Å². The molecule has 0 aliphatic heterocycles. The van der Waals surface area contributed by atoms with Crippen LogP contribution >= 0.6 is 23.1 Å². The molecule has 8 heteroatoms. The summed E-state index contributed by atoms with van der Waals surface area (Å²) in [5.41, 5.74) is 2.18. The molecule has 25 heavy (non-hydrogen) atoms. The Morgan fingerprint density at radius 3 is 3.04 bits per heavy atom. The number of nitrogens with one attached hydrogen (secondary N) is 1. The first-order chi connectivity index (χ1) is 12.1. The molecule has 0 saturated heterocycles. The van der Waals surface area contributed by atoms with Crippen LogP contribution in [-0.2, 0) is 10.5 Å². The number of amides is 1. The molecule has 0 spiro atoms. The van der Waals surface area contributed by atoms with Gasteiger partial charge in [0.2, 0.25) is 5.91 Å². The molecule has 3 rings (SSSR count). The molecule has 6 nitrogen and oxygen atoms in total. The van der Waals surface area contributed by atoms with Gasteiger partial charge in [0.15, 0.2) is 4.96 Å². The van der Waals surface area contributed by atoms with Gasteiger partial charge in [0.1, 0.15) is 5.75 Å². The third-order valence-corrected chi connectivity index (χ3v) is 5.38. The lowest BCUT2D eigenvalue weighted by atomic mass is 10.3. The maximum Gasteiger partial charge on any atom is 0.258 e. The molecule has 130 valence electrons. The average molecular weight is 375 g/mol. The lowest BCUT2D eigenvalue weighted by Gasteiger charge is -2.07. The number of anilines is 1. The molecule has 0 saturated carbocycles. The first-order valence-electron chi connectivity index (χ1n) is 7.55. The average Bonchev–Trinajstić information content (AvgIpc) is 2.96. The number of aryl methyl sites for hydroxylation is 1. The quantitative estimate of drug-likeness (QED) is 0.717. The summed E-state index contributed by atoms with van der Waals surface area (Å²) in [7, 11) is 1.58. The molecule has 0 unspecified atom stereocenters. The number of carbonyl (C=O) groups excluding carboxylic acids is 1. The number of methoxy groups -OCH3 is 1. The van der Waals surface area contributed by atoms with Gasteiger partial charge in [-0.1, -0.05) is 6.07 Å². The number of ether oxygens (including phenoxy) is 1. The van der Waals surface area contributed by atoms with Crippen molar-refractivity contribution >= 4 is 39.7 Å². The number of fused-ring (bicyclic) bond motifs is 1. The number of hydrogen-bond donors (Lipinski definition) is 1. The van der Waals surface area contributed by atoms with Gasteiger partial charge >= 0.3 is 0 Å². The van der Waals surface area contributed by atoms with E-state index in [9.17, 15) is 9.59 Å². The van der Waals surface area contributed by atoms with Crippen LogP contribution in [0.25, 0.3) is 4.96 Å². The van der Waals surface area contributed by atoms with Gasteiger partial charge in [-0.15, -0.1) is 23.1 Å². The van der Waals surface area contributed by atoms with E-state index in [1.165, 1.54) is 29.2 Å². The van der Waals surface area contributed by atoms with Gasteiger partial charge in [-0.2, -0.15) is 0 Å². The summed E-state index contributed by atoms with van der Waals surface area (Å²) < 4.78 is 6.72. The number of hydrogen-bond acceptors (Lipinski definition) is 6. The molecule has 0 radical (unpaired) electrons. The number of rotatable bonds is 6. The van der Waals surface area contributed by atoms with Crippen molar-refractivity contribution in [3.05, 3.63) is 57.5 Å². The Hall–Kier alpha value is -2.32. The normalized spacial score (nSPS) is 10.8. The lowest BCUT2D eigenvalue weighted by molar-refractivity contribution is -0.113. The highest BCUT2D eigenvalue weighted by atomic mass is 32.2. The van der Waals surface area contributed by atoms with Gasteiger partial charge in [-0.25, -0.2) is 4.98 Å². The number of aromatic nitrogens is 2. The van der Waals surface area contributed by atoms with Crippen molar-refractivity contribution in [2.24, 2.45) is 0 Å². The largest absolute Gasteiger partial charge is 0.497 e. The van der Waals surface area contributed by atoms with Crippen molar-refractivity contribution in [1.82, 2.24) is 9.38 Å². The maximum atomic E-state index is 12.1. The molecule has 2 heterocycles. The van der Waals surface area contributed by atoms with Crippen molar-refractivity contribution in [3.63, 3.8) is 0 Å². The van der Waals surface area contributed by atoms with Gasteiger partial charge in [-0.3, -0.25) is 14.0 Å². The van der Waals surface area contributed by atoms with Crippen LogP contribution in [0.2, 0.25) is 0 Å². The van der Waals surface area contributed by atoms with E-state index in [-0.39, 0.29) is 17.2 Å². The highest BCUT2D eigenvalue weighted by molar-refractivity contribution is 7.99. The molecule has 3 aromatic rings. The van der Waals surface area contributed by atoms with Crippen LogP contribution in [0.3, 0.4) is 0 Å². The minimum absolute atomic E-state index is 0.0832. The predicted octanol–water partition coefficient (Wildman–Crippen LogP) is 2.94. The number of thioether (sulfide) groups is 1. The highest BCUT2D eigenvalue weighted by Crippen LogP contribution is 2.18. The van der Waals surface area contributed by atoms with Crippen molar-refractivity contribution in [1.29, 1.82) is 0 Å². The molecule has 0 atom stereocenters. The summed E-state index contributed by atoms with van der Waals surface area (Å²) in [6, 6.07) is 8.73. The molecule has 0 aliphatic rings. The molecule has 2 aromatic heterocycles. The first-order valence-corrected chi connectivity index (χ1v) is 9.58. The molecule has 0 aliphatic carbocycles. The predicted molar refractivity (Wildman–Crippen MR) is 102 cm³/mol. The summed E-state index contributed by atoms with van der Waals surface area (Å²) in [6.07, 6.45) is 0. The Morgan fingerprint density at radius 1 is 1.40 bits per heavy atom. The number of thiazole rings is 1. The van der Waals surface area contributed by atoms with Crippen LogP contribution in [0.15, 0.2) is 40.5 Å². The lowest BCUT2D eigenvalue weighted by Crippen LogP contribution is -2.16. The van der Waals surface area contributed by atoms with Crippen LogP contribution < -0.4 is 15.6 Å². The summed E-state index contributed by atoms with van der Waals surface area (Å²) >= 11 is 2.86. The second-order valence-corrected chi connectivity index (χ2v) is 7.18. The Labute approximate surface area is 152 Å². The first kappa shape index (κ1) is 17.5. The maximum absolute atomic E-state index is 12.1. The summed E-state index contributed by atoms with van der Waals surface area (Å²) in [6.45, 7) is 1.88. The molecule has 0 fully saturated rings. The third kappa shape index (κ3) is 4.21. The van der Waals surface area contributed by atoms with Crippen molar-refractivity contribution in [2.75, 3.05) is 18.2 Å². The molecule has 1 amide bonds. The minimum Gasteiger partial charge on any atom is -0.497 e. The Morgan fingerprint density at radius 2 is 2.24 bits per heavy atom. The summed E-state index contributed by atoms with van der Waals surface area (Å²) in [5, 5.41) is 4.73. The van der Waals surface area contributed by atoms with Gasteiger partial charge in [0, 0.05) is 34.6 Å². The zero-order chi connectivity index (χ0) is 17.8. The van der Waals surface area contributed by atoms with Crippen molar-refractivity contribution in [3.8, 4) is 5.75 Å². The number of carbonyl (C=O) groups is 1. The smallest absolute Gasteiger partial charge is 0.258 e. The van der Waals surface area contributed by atoms with Crippen molar-refractivity contribution < 1.29 is 9.53 Å². The molecule has 1 N–H and O–H groups in total. The molecule has 1 aromatic carbocycles. The zero-order valence-corrected chi connectivity index (χ0v) is 15.4. The summed E-state index contributed by atoms with van der Waals surface area (Å²) in [5.74, 6) is 1.37. The third-order valence-electron chi connectivity index (χ3n) is 3.47. The number of benzene rings is 1. The van der Waals surface area contributed by atoms with E-state index in [1.54, 1.807) is 23.6 Å². The topological polar surface area (TPSA) is 72.7 Å². The fourth-order valence-electron chi connectivity index (χ4n) is 2.32. The van der Waals surface area contributed by atoms with Gasteiger partial charge < -0.3 is 10.1 Å². The van der Waals surface area contributed by atoms with E-state index < -0.39 is 0 Å². The Balaban J connectivity index is 1.57. The molecule has 0 bridgehead atoms. The minimum atomic E-state index is -0.108. The second-order valence-electron chi connectivity index (χ2n) is 5.35. The van der Waals surface area contributed by atoms with E-state index in [1.807, 2.05) is 24.4 Å².